The Hall–Kier alpha value is -1.92. The maximum absolute atomic E-state index is 12.5. The molecular formula is C16H23N3O3. The van der Waals surface area contributed by atoms with Crippen LogP contribution in [0, 0.1) is 0 Å². The van der Waals surface area contributed by atoms with Gasteiger partial charge in [-0.05, 0) is 26.0 Å². The second-order valence-electron chi connectivity index (χ2n) is 5.08. The summed E-state index contributed by atoms with van der Waals surface area (Å²) in [6, 6.07) is 7.07. The molecular weight excluding hydrogens is 282 g/mol. The number of hydrogen-bond acceptors (Lipinski definition) is 4. The van der Waals surface area contributed by atoms with Crippen LogP contribution in [0.1, 0.15) is 24.2 Å². The number of carbonyl (C=O) groups is 2. The van der Waals surface area contributed by atoms with Crippen LogP contribution in [0.5, 0.6) is 0 Å². The SMILES string of the molecule is CCN(CC)C(=O)c1ccccc1NC(=O)C1CNCCO1. The second-order valence-corrected chi connectivity index (χ2v) is 5.08. The molecule has 2 amide bonds. The van der Waals surface area contributed by atoms with E-state index in [2.05, 4.69) is 10.6 Å². The van der Waals surface area contributed by atoms with Crippen molar-refractivity contribution in [1.82, 2.24) is 10.2 Å². The molecule has 1 aromatic carbocycles. The first-order chi connectivity index (χ1) is 10.7. The number of anilines is 1. The first-order valence-electron chi connectivity index (χ1n) is 7.68. The molecule has 1 saturated heterocycles. The molecule has 6 heteroatoms. The minimum atomic E-state index is -0.523. The van der Waals surface area contributed by atoms with Crippen molar-refractivity contribution in [3.63, 3.8) is 0 Å². The predicted octanol–water partition coefficient (Wildman–Crippen LogP) is 1.10. The zero-order valence-corrected chi connectivity index (χ0v) is 13.1. The van der Waals surface area contributed by atoms with Gasteiger partial charge in [-0.25, -0.2) is 0 Å². The smallest absolute Gasteiger partial charge is 0.255 e. The molecule has 0 aromatic heterocycles. The number of morpholine rings is 1. The minimum Gasteiger partial charge on any atom is -0.366 e. The molecule has 1 aliphatic heterocycles. The largest absolute Gasteiger partial charge is 0.366 e. The van der Waals surface area contributed by atoms with E-state index in [1.165, 1.54) is 0 Å². The number of nitrogens with one attached hydrogen (secondary N) is 2. The van der Waals surface area contributed by atoms with E-state index in [-0.39, 0.29) is 11.8 Å². The number of carbonyl (C=O) groups excluding carboxylic acids is 2. The summed E-state index contributed by atoms with van der Waals surface area (Å²) in [4.78, 5) is 26.5. The van der Waals surface area contributed by atoms with Gasteiger partial charge in [-0.1, -0.05) is 12.1 Å². The molecule has 1 heterocycles. The number of amides is 2. The highest BCUT2D eigenvalue weighted by Gasteiger charge is 2.24. The van der Waals surface area contributed by atoms with Gasteiger partial charge >= 0.3 is 0 Å². The van der Waals surface area contributed by atoms with Crippen LogP contribution in [0.15, 0.2) is 24.3 Å². The van der Waals surface area contributed by atoms with Gasteiger partial charge in [0.25, 0.3) is 11.8 Å². The normalized spacial score (nSPS) is 17.8. The molecule has 1 fully saturated rings. The van der Waals surface area contributed by atoms with Gasteiger partial charge in [0, 0.05) is 26.2 Å². The van der Waals surface area contributed by atoms with E-state index < -0.39 is 6.10 Å². The molecule has 0 aliphatic carbocycles. The Morgan fingerprint density at radius 2 is 2.05 bits per heavy atom. The van der Waals surface area contributed by atoms with Crippen LogP contribution in [0.25, 0.3) is 0 Å². The number of hydrogen-bond donors (Lipinski definition) is 2. The quantitative estimate of drug-likeness (QED) is 0.854. The van der Waals surface area contributed by atoms with Crippen LogP contribution >= 0.6 is 0 Å². The van der Waals surface area contributed by atoms with Crippen molar-refractivity contribution in [2.45, 2.75) is 20.0 Å². The van der Waals surface area contributed by atoms with Crippen molar-refractivity contribution in [2.24, 2.45) is 0 Å². The van der Waals surface area contributed by atoms with Crippen molar-refractivity contribution in [1.29, 1.82) is 0 Å². The average Bonchev–Trinajstić information content (AvgIpc) is 2.57. The summed E-state index contributed by atoms with van der Waals surface area (Å²) in [5.74, 6) is -0.310. The van der Waals surface area contributed by atoms with E-state index in [0.717, 1.165) is 6.54 Å². The lowest BCUT2D eigenvalue weighted by atomic mass is 10.1. The third kappa shape index (κ3) is 3.84. The molecule has 0 spiro atoms. The van der Waals surface area contributed by atoms with Crippen LogP contribution in [-0.4, -0.2) is 55.6 Å². The van der Waals surface area contributed by atoms with E-state index in [1.54, 1.807) is 29.2 Å². The summed E-state index contributed by atoms with van der Waals surface area (Å²) < 4.78 is 5.43. The number of ether oxygens (including phenoxy) is 1. The third-order valence-electron chi connectivity index (χ3n) is 3.69. The Morgan fingerprint density at radius 3 is 2.68 bits per heavy atom. The Kier molecular flexibility index (Phi) is 5.91. The highest BCUT2D eigenvalue weighted by atomic mass is 16.5. The number of rotatable bonds is 5. The molecule has 1 aliphatic rings. The lowest BCUT2D eigenvalue weighted by Gasteiger charge is -2.24. The summed E-state index contributed by atoms with van der Waals surface area (Å²) in [7, 11) is 0. The fraction of sp³-hybridized carbons (Fsp3) is 0.500. The molecule has 0 bridgehead atoms. The summed E-state index contributed by atoms with van der Waals surface area (Å²) in [5.41, 5.74) is 1.03. The molecule has 2 rings (SSSR count). The predicted molar refractivity (Wildman–Crippen MR) is 84.9 cm³/mol. The van der Waals surface area contributed by atoms with Crippen LogP contribution in [-0.2, 0) is 9.53 Å². The van der Waals surface area contributed by atoms with Gasteiger partial charge in [-0.3, -0.25) is 9.59 Å². The van der Waals surface area contributed by atoms with Gasteiger partial charge < -0.3 is 20.3 Å². The molecule has 0 radical (unpaired) electrons. The van der Waals surface area contributed by atoms with Gasteiger partial charge in [0.05, 0.1) is 17.9 Å². The lowest BCUT2D eigenvalue weighted by molar-refractivity contribution is -0.128. The summed E-state index contributed by atoms with van der Waals surface area (Å²) in [6.07, 6.45) is -0.523. The van der Waals surface area contributed by atoms with Gasteiger partial charge in [-0.2, -0.15) is 0 Å². The fourth-order valence-corrected chi connectivity index (χ4v) is 2.41. The standard InChI is InChI=1S/C16H23N3O3/c1-3-19(4-2)16(21)12-7-5-6-8-13(12)18-15(20)14-11-17-9-10-22-14/h5-8,14,17H,3-4,9-11H2,1-2H3,(H,18,20). The molecule has 22 heavy (non-hydrogen) atoms. The molecule has 1 unspecified atom stereocenters. The van der Waals surface area contributed by atoms with E-state index in [9.17, 15) is 9.59 Å². The summed E-state index contributed by atoms with van der Waals surface area (Å²) in [5, 5.41) is 5.93. The van der Waals surface area contributed by atoms with E-state index in [1.807, 2.05) is 13.8 Å². The Bertz CT molecular complexity index is 523. The number of benzene rings is 1. The Balaban J connectivity index is 2.14. The first kappa shape index (κ1) is 16.5. The van der Waals surface area contributed by atoms with Gasteiger partial charge in [0.15, 0.2) is 0 Å². The topological polar surface area (TPSA) is 70.7 Å². The van der Waals surface area contributed by atoms with Crippen LogP contribution < -0.4 is 10.6 Å². The average molecular weight is 305 g/mol. The lowest BCUT2D eigenvalue weighted by Crippen LogP contribution is -2.45. The van der Waals surface area contributed by atoms with Crippen molar-refractivity contribution < 1.29 is 14.3 Å². The maximum Gasteiger partial charge on any atom is 0.255 e. The van der Waals surface area contributed by atoms with Crippen molar-refractivity contribution in [3.8, 4) is 0 Å². The Morgan fingerprint density at radius 1 is 1.32 bits per heavy atom. The molecule has 0 saturated carbocycles. The highest BCUT2D eigenvalue weighted by molar-refractivity contribution is 6.04. The van der Waals surface area contributed by atoms with Crippen LogP contribution in [0.4, 0.5) is 5.69 Å². The molecule has 1 aromatic rings. The zero-order valence-electron chi connectivity index (χ0n) is 13.1. The molecule has 120 valence electrons. The number of nitrogens with zero attached hydrogens (tertiary/aromatic N) is 1. The van der Waals surface area contributed by atoms with Gasteiger partial charge in [0.2, 0.25) is 0 Å². The zero-order chi connectivity index (χ0) is 15.9. The summed E-state index contributed by atoms with van der Waals surface area (Å²) in [6.45, 7) is 6.88. The van der Waals surface area contributed by atoms with E-state index in [0.29, 0.717) is 37.5 Å². The van der Waals surface area contributed by atoms with Crippen LogP contribution in [0.2, 0.25) is 0 Å². The third-order valence-corrected chi connectivity index (χ3v) is 3.69. The number of para-hydroxylation sites is 1. The van der Waals surface area contributed by atoms with Crippen molar-refractivity contribution in [2.75, 3.05) is 38.1 Å². The fourth-order valence-electron chi connectivity index (χ4n) is 2.41. The summed E-state index contributed by atoms with van der Waals surface area (Å²) >= 11 is 0. The van der Waals surface area contributed by atoms with Crippen LogP contribution in [0.3, 0.4) is 0 Å². The van der Waals surface area contributed by atoms with Gasteiger partial charge in [0.1, 0.15) is 6.10 Å². The van der Waals surface area contributed by atoms with Crippen molar-refractivity contribution >= 4 is 17.5 Å². The minimum absolute atomic E-state index is 0.0800. The molecule has 6 nitrogen and oxygen atoms in total. The maximum atomic E-state index is 12.5. The molecule has 1 atom stereocenters. The molecule has 2 N–H and O–H groups in total. The Labute approximate surface area is 130 Å². The van der Waals surface area contributed by atoms with Crippen molar-refractivity contribution in [3.05, 3.63) is 29.8 Å². The highest BCUT2D eigenvalue weighted by Crippen LogP contribution is 2.18. The van der Waals surface area contributed by atoms with Gasteiger partial charge in [-0.15, -0.1) is 0 Å². The van der Waals surface area contributed by atoms with E-state index in [4.69, 9.17) is 4.74 Å². The monoisotopic (exact) mass is 305 g/mol. The first-order valence-corrected chi connectivity index (χ1v) is 7.68. The second kappa shape index (κ2) is 7.91. The van der Waals surface area contributed by atoms with E-state index >= 15 is 0 Å².